The minimum atomic E-state index is -0.907. The van der Waals surface area contributed by atoms with Gasteiger partial charge in [-0.15, -0.1) is 0 Å². The summed E-state index contributed by atoms with van der Waals surface area (Å²) in [4.78, 5) is 32.4. The minimum absolute atomic E-state index is 0.189. The van der Waals surface area contributed by atoms with Crippen LogP contribution >= 0.6 is 0 Å². The van der Waals surface area contributed by atoms with Crippen LogP contribution in [-0.2, 0) is 14.4 Å². The molecule has 5 nitrogen and oxygen atoms in total. The van der Waals surface area contributed by atoms with Crippen LogP contribution in [0.25, 0.3) is 0 Å². The second-order valence-corrected chi connectivity index (χ2v) is 4.07. The van der Waals surface area contributed by atoms with Gasteiger partial charge in [0.05, 0.1) is 6.42 Å². The van der Waals surface area contributed by atoms with E-state index in [1.54, 1.807) is 6.29 Å². The summed E-state index contributed by atoms with van der Waals surface area (Å²) < 4.78 is 0. The van der Waals surface area contributed by atoms with E-state index in [0.717, 1.165) is 25.7 Å². The van der Waals surface area contributed by atoms with Gasteiger partial charge in [0.15, 0.2) is 0 Å². The summed E-state index contributed by atoms with van der Waals surface area (Å²) in [7, 11) is 0. The first-order valence-electron chi connectivity index (χ1n) is 6.05. The second-order valence-electron chi connectivity index (χ2n) is 4.07. The van der Waals surface area contributed by atoms with Crippen molar-refractivity contribution in [2.75, 3.05) is 0 Å². The van der Waals surface area contributed by atoms with Crippen LogP contribution in [-0.4, -0.2) is 24.1 Å². The molecular formula is C12H21N2O3. The van der Waals surface area contributed by atoms with Crippen LogP contribution in [0, 0.1) is 0 Å². The Labute approximate surface area is 102 Å². The van der Waals surface area contributed by atoms with E-state index < -0.39 is 11.9 Å². The molecule has 0 aromatic rings. The smallest absolute Gasteiger partial charge is 0.223 e. The largest absolute Gasteiger partial charge is 0.370 e. The lowest BCUT2D eigenvalue weighted by atomic mass is 10.1. The standard InChI is InChI=1S/C12H21N2O3/c1-2-3-4-5-6-7-12(17)14-10(9-15)8-11(13)16/h10H,2-8H2,1H3,(H2,13,16)(H,14,17)/t10-/m1/s1. The first-order chi connectivity index (χ1) is 8.10. The van der Waals surface area contributed by atoms with Gasteiger partial charge in [-0.25, -0.2) is 0 Å². The van der Waals surface area contributed by atoms with E-state index >= 15 is 0 Å². The van der Waals surface area contributed by atoms with Gasteiger partial charge in [-0.05, 0) is 6.42 Å². The van der Waals surface area contributed by atoms with Crippen molar-refractivity contribution in [2.45, 2.75) is 57.9 Å². The van der Waals surface area contributed by atoms with Crippen molar-refractivity contribution in [1.29, 1.82) is 0 Å². The quantitative estimate of drug-likeness (QED) is 0.555. The Balaban J connectivity index is 3.68. The number of carbonyl (C=O) groups is 2. The van der Waals surface area contributed by atoms with Gasteiger partial charge in [-0.2, -0.15) is 0 Å². The van der Waals surface area contributed by atoms with Crippen molar-refractivity contribution in [3.05, 3.63) is 0 Å². The SMILES string of the molecule is CCCCCCCC(=O)N[C@@H]([C]=O)CC(N)=O. The Morgan fingerprint density at radius 1 is 1.24 bits per heavy atom. The molecule has 5 heteroatoms. The molecule has 0 aliphatic rings. The molecule has 0 heterocycles. The molecule has 97 valence electrons. The summed E-state index contributed by atoms with van der Waals surface area (Å²) in [5.74, 6) is -0.849. The molecule has 2 amide bonds. The maximum Gasteiger partial charge on any atom is 0.223 e. The molecule has 0 unspecified atom stereocenters. The monoisotopic (exact) mass is 241 g/mol. The lowest BCUT2D eigenvalue weighted by molar-refractivity contribution is -0.122. The summed E-state index contributed by atoms with van der Waals surface area (Å²) >= 11 is 0. The lowest BCUT2D eigenvalue weighted by Gasteiger charge is -2.09. The average molecular weight is 241 g/mol. The number of hydrogen-bond acceptors (Lipinski definition) is 3. The summed E-state index contributed by atoms with van der Waals surface area (Å²) in [6, 6.07) is -0.907. The Morgan fingerprint density at radius 3 is 2.41 bits per heavy atom. The van der Waals surface area contributed by atoms with E-state index in [2.05, 4.69) is 12.2 Å². The molecule has 0 aliphatic carbocycles. The van der Waals surface area contributed by atoms with E-state index in [9.17, 15) is 14.4 Å². The highest BCUT2D eigenvalue weighted by atomic mass is 16.2. The molecule has 0 rings (SSSR count). The first kappa shape index (κ1) is 15.6. The van der Waals surface area contributed by atoms with Crippen LogP contribution in [0.3, 0.4) is 0 Å². The Morgan fingerprint density at radius 2 is 1.88 bits per heavy atom. The molecule has 3 N–H and O–H groups in total. The zero-order chi connectivity index (χ0) is 13.1. The zero-order valence-corrected chi connectivity index (χ0v) is 10.3. The van der Waals surface area contributed by atoms with Crippen LogP contribution < -0.4 is 11.1 Å². The van der Waals surface area contributed by atoms with Gasteiger partial charge in [-0.3, -0.25) is 14.4 Å². The number of carbonyl (C=O) groups excluding carboxylic acids is 3. The van der Waals surface area contributed by atoms with Crippen LogP contribution in [0.2, 0.25) is 0 Å². The van der Waals surface area contributed by atoms with Crippen molar-refractivity contribution < 1.29 is 14.4 Å². The van der Waals surface area contributed by atoms with Gasteiger partial charge in [0.25, 0.3) is 0 Å². The molecule has 0 aliphatic heterocycles. The predicted molar refractivity (Wildman–Crippen MR) is 64.8 cm³/mol. The molecule has 17 heavy (non-hydrogen) atoms. The molecule has 0 aromatic carbocycles. The summed E-state index contributed by atoms with van der Waals surface area (Å²) in [6.07, 6.45) is 7.04. The first-order valence-corrected chi connectivity index (χ1v) is 6.05. The zero-order valence-electron chi connectivity index (χ0n) is 10.3. The number of primary amides is 1. The summed E-state index contributed by atoms with van der Waals surface area (Å²) in [5.41, 5.74) is 4.93. The molecular weight excluding hydrogens is 220 g/mol. The van der Waals surface area contributed by atoms with Crippen LogP contribution in [0.1, 0.15) is 51.9 Å². The van der Waals surface area contributed by atoms with E-state index in [1.165, 1.54) is 6.42 Å². The van der Waals surface area contributed by atoms with Crippen molar-refractivity contribution in [2.24, 2.45) is 5.73 Å². The third-order valence-corrected chi connectivity index (χ3v) is 2.39. The van der Waals surface area contributed by atoms with Gasteiger partial charge >= 0.3 is 0 Å². The number of rotatable bonds is 10. The molecule has 0 bridgehead atoms. The second kappa shape index (κ2) is 9.81. The number of unbranched alkanes of at least 4 members (excludes halogenated alkanes) is 4. The summed E-state index contributed by atoms with van der Waals surface area (Å²) in [5, 5.41) is 2.43. The van der Waals surface area contributed by atoms with E-state index in [1.807, 2.05) is 0 Å². The van der Waals surface area contributed by atoms with Crippen molar-refractivity contribution in [1.82, 2.24) is 5.32 Å². The average Bonchev–Trinajstić information content (AvgIpc) is 2.27. The fourth-order valence-corrected chi connectivity index (χ4v) is 1.48. The van der Waals surface area contributed by atoms with Crippen molar-refractivity contribution in [3.8, 4) is 0 Å². The predicted octanol–water partition coefficient (Wildman–Crippen LogP) is 0.817. The van der Waals surface area contributed by atoms with E-state index in [-0.39, 0.29) is 12.3 Å². The Kier molecular flexibility index (Phi) is 9.01. The fourth-order valence-electron chi connectivity index (χ4n) is 1.48. The van der Waals surface area contributed by atoms with Gasteiger partial charge in [0.2, 0.25) is 18.1 Å². The molecule has 1 atom stereocenters. The third kappa shape index (κ3) is 9.53. The molecule has 0 spiro atoms. The van der Waals surface area contributed by atoms with Gasteiger partial charge in [0.1, 0.15) is 6.04 Å². The van der Waals surface area contributed by atoms with Gasteiger partial charge in [-0.1, -0.05) is 32.6 Å². The van der Waals surface area contributed by atoms with Crippen LogP contribution in [0.15, 0.2) is 0 Å². The Bertz CT molecular complexity index is 254. The van der Waals surface area contributed by atoms with Gasteiger partial charge in [0, 0.05) is 6.42 Å². The maximum absolute atomic E-state index is 11.4. The van der Waals surface area contributed by atoms with E-state index in [0.29, 0.717) is 6.42 Å². The molecule has 0 saturated carbocycles. The molecule has 0 fully saturated rings. The maximum atomic E-state index is 11.4. The number of hydrogen-bond donors (Lipinski definition) is 2. The highest BCUT2D eigenvalue weighted by Gasteiger charge is 2.14. The lowest BCUT2D eigenvalue weighted by Crippen LogP contribution is -2.38. The normalized spacial score (nSPS) is 11.8. The minimum Gasteiger partial charge on any atom is -0.370 e. The molecule has 1 radical (unpaired) electrons. The number of nitrogens with two attached hydrogens (primary N) is 1. The topological polar surface area (TPSA) is 89.3 Å². The third-order valence-electron chi connectivity index (χ3n) is 2.39. The highest BCUT2D eigenvalue weighted by molar-refractivity contribution is 5.84. The van der Waals surface area contributed by atoms with Crippen molar-refractivity contribution >= 4 is 18.1 Å². The fraction of sp³-hybridized carbons (Fsp3) is 0.750. The highest BCUT2D eigenvalue weighted by Crippen LogP contribution is 2.04. The molecule has 0 saturated heterocycles. The van der Waals surface area contributed by atoms with Crippen LogP contribution in [0.4, 0.5) is 0 Å². The number of amides is 2. The summed E-state index contributed by atoms with van der Waals surface area (Å²) in [6.45, 7) is 2.13. The van der Waals surface area contributed by atoms with Crippen molar-refractivity contribution in [3.63, 3.8) is 0 Å². The van der Waals surface area contributed by atoms with E-state index in [4.69, 9.17) is 5.73 Å². The van der Waals surface area contributed by atoms with Gasteiger partial charge < -0.3 is 11.1 Å². The number of nitrogens with one attached hydrogen (secondary N) is 1. The van der Waals surface area contributed by atoms with Crippen LogP contribution in [0.5, 0.6) is 0 Å². The molecule has 0 aromatic heterocycles. The Hall–Kier alpha value is -1.39.